The maximum atomic E-state index is 12.6. The maximum Gasteiger partial charge on any atom is 0.265 e. The highest BCUT2D eigenvalue weighted by molar-refractivity contribution is 7.13. The van der Waals surface area contributed by atoms with Crippen molar-refractivity contribution in [2.75, 3.05) is 19.7 Å². The Bertz CT molecular complexity index is 550. The third-order valence-electron chi connectivity index (χ3n) is 5.32. The largest absolute Gasteiger partial charge is 0.392 e. The second kappa shape index (κ2) is 6.87. The summed E-state index contributed by atoms with van der Waals surface area (Å²) >= 11 is 1.51. The molecule has 5 nitrogen and oxygen atoms in total. The van der Waals surface area contributed by atoms with Crippen LogP contribution in [0.3, 0.4) is 0 Å². The number of rotatable bonds is 5. The van der Waals surface area contributed by atoms with E-state index in [1.165, 1.54) is 11.3 Å². The highest BCUT2D eigenvalue weighted by Crippen LogP contribution is 2.51. The lowest BCUT2D eigenvalue weighted by atomic mass is 9.58. The summed E-state index contributed by atoms with van der Waals surface area (Å²) in [5, 5.41) is 11.3. The number of piperidine rings is 1. The van der Waals surface area contributed by atoms with Gasteiger partial charge in [0.2, 0.25) is 0 Å². The molecule has 2 atom stereocenters. The molecule has 0 radical (unpaired) electrons. The lowest BCUT2D eigenvalue weighted by Gasteiger charge is -2.56. The van der Waals surface area contributed by atoms with Crippen LogP contribution < -0.4 is 0 Å². The molecule has 1 spiro atoms. The van der Waals surface area contributed by atoms with Gasteiger partial charge in [-0.05, 0) is 32.6 Å². The molecule has 1 amide bonds. The Hall–Kier alpha value is -0.980. The SMILES string of the molecule is CCCc1ncc(C(=O)N2CCC3(CC2)[C@@H](OCC)C[C@@H]3O)s1. The van der Waals surface area contributed by atoms with Gasteiger partial charge in [-0.25, -0.2) is 4.98 Å². The van der Waals surface area contributed by atoms with Crippen molar-refractivity contribution >= 4 is 17.2 Å². The molecule has 1 N–H and O–H groups in total. The third-order valence-corrected chi connectivity index (χ3v) is 6.36. The standard InChI is InChI=1S/C17H26N2O3S/c1-3-5-15-18-11-12(23-15)16(21)19-8-6-17(7-9-19)13(20)10-14(17)22-4-2/h11,13-14,20H,3-10H2,1-2H3/t13-,14-/m0/s1. The highest BCUT2D eigenvalue weighted by Gasteiger charge is 2.56. The molecule has 1 aromatic heterocycles. The first kappa shape index (κ1) is 16.9. The first-order valence-corrected chi connectivity index (χ1v) is 9.46. The lowest BCUT2D eigenvalue weighted by Crippen LogP contribution is -2.62. The molecule has 1 saturated carbocycles. The van der Waals surface area contributed by atoms with E-state index in [0.717, 1.165) is 42.0 Å². The summed E-state index contributed by atoms with van der Waals surface area (Å²) in [7, 11) is 0. The smallest absolute Gasteiger partial charge is 0.265 e. The van der Waals surface area contributed by atoms with Gasteiger partial charge in [0.05, 0.1) is 23.4 Å². The van der Waals surface area contributed by atoms with Crippen LogP contribution in [0.4, 0.5) is 0 Å². The van der Waals surface area contributed by atoms with Gasteiger partial charge in [-0.3, -0.25) is 4.79 Å². The predicted molar refractivity (Wildman–Crippen MR) is 89.7 cm³/mol. The van der Waals surface area contributed by atoms with E-state index in [9.17, 15) is 9.90 Å². The first-order chi connectivity index (χ1) is 11.1. The zero-order valence-electron chi connectivity index (χ0n) is 14.0. The van der Waals surface area contributed by atoms with Crippen LogP contribution in [0.25, 0.3) is 0 Å². The van der Waals surface area contributed by atoms with Crippen LogP contribution in [0.5, 0.6) is 0 Å². The summed E-state index contributed by atoms with van der Waals surface area (Å²) in [6.07, 6.45) is 5.94. The molecule has 1 aliphatic carbocycles. The van der Waals surface area contributed by atoms with Gasteiger partial charge >= 0.3 is 0 Å². The number of aliphatic hydroxyl groups is 1. The fourth-order valence-corrected chi connectivity index (χ4v) is 4.82. The average Bonchev–Trinajstić information content (AvgIpc) is 3.03. The van der Waals surface area contributed by atoms with Crippen molar-refractivity contribution in [1.29, 1.82) is 0 Å². The van der Waals surface area contributed by atoms with Gasteiger partial charge in [0.25, 0.3) is 5.91 Å². The Morgan fingerprint density at radius 1 is 1.48 bits per heavy atom. The zero-order chi connectivity index (χ0) is 16.4. The van der Waals surface area contributed by atoms with Gasteiger partial charge < -0.3 is 14.7 Å². The van der Waals surface area contributed by atoms with Crippen molar-refractivity contribution in [3.63, 3.8) is 0 Å². The molecule has 0 aromatic carbocycles. The van der Waals surface area contributed by atoms with E-state index < -0.39 is 0 Å². The van der Waals surface area contributed by atoms with E-state index in [2.05, 4.69) is 11.9 Å². The van der Waals surface area contributed by atoms with Crippen LogP contribution in [0.2, 0.25) is 0 Å². The van der Waals surface area contributed by atoms with Gasteiger partial charge in [0.15, 0.2) is 0 Å². The van der Waals surface area contributed by atoms with Crippen LogP contribution in [0, 0.1) is 5.41 Å². The second-order valence-electron chi connectivity index (χ2n) is 6.59. The maximum absolute atomic E-state index is 12.6. The Balaban J connectivity index is 1.60. The molecule has 23 heavy (non-hydrogen) atoms. The molecule has 128 valence electrons. The number of hydrogen-bond acceptors (Lipinski definition) is 5. The molecule has 0 bridgehead atoms. The summed E-state index contributed by atoms with van der Waals surface area (Å²) in [6.45, 7) is 6.18. The van der Waals surface area contributed by atoms with Crippen LogP contribution in [-0.2, 0) is 11.2 Å². The summed E-state index contributed by atoms with van der Waals surface area (Å²) < 4.78 is 5.78. The summed E-state index contributed by atoms with van der Waals surface area (Å²) in [4.78, 5) is 19.6. The minimum absolute atomic E-state index is 0.0847. The van der Waals surface area contributed by atoms with E-state index >= 15 is 0 Å². The Morgan fingerprint density at radius 2 is 2.22 bits per heavy atom. The summed E-state index contributed by atoms with van der Waals surface area (Å²) in [6, 6.07) is 0. The monoisotopic (exact) mass is 338 g/mol. The predicted octanol–water partition coefficient (Wildman–Crippen LogP) is 2.49. The number of amides is 1. The van der Waals surface area contributed by atoms with E-state index in [1.807, 2.05) is 11.8 Å². The molecule has 1 aliphatic heterocycles. The fraction of sp³-hybridized carbons (Fsp3) is 0.765. The van der Waals surface area contributed by atoms with Crippen LogP contribution in [0.15, 0.2) is 6.20 Å². The molecule has 2 heterocycles. The lowest BCUT2D eigenvalue weighted by molar-refractivity contribution is -0.207. The summed E-state index contributed by atoms with van der Waals surface area (Å²) in [5.41, 5.74) is -0.131. The number of hydrogen-bond donors (Lipinski definition) is 1. The van der Waals surface area contributed by atoms with E-state index in [4.69, 9.17) is 4.74 Å². The molecule has 2 fully saturated rings. The Morgan fingerprint density at radius 3 is 2.83 bits per heavy atom. The number of ether oxygens (including phenoxy) is 1. The molecular formula is C17H26N2O3S. The van der Waals surface area contributed by atoms with Crippen molar-refractivity contribution < 1.29 is 14.6 Å². The van der Waals surface area contributed by atoms with E-state index in [0.29, 0.717) is 19.7 Å². The fourth-order valence-electron chi connectivity index (χ4n) is 3.84. The second-order valence-corrected chi connectivity index (χ2v) is 7.70. The number of nitrogens with zero attached hydrogens (tertiary/aromatic N) is 2. The van der Waals surface area contributed by atoms with Crippen molar-refractivity contribution in [2.24, 2.45) is 5.41 Å². The van der Waals surface area contributed by atoms with Gasteiger partial charge in [-0.15, -0.1) is 11.3 Å². The number of carbonyl (C=O) groups is 1. The molecule has 3 rings (SSSR count). The number of aliphatic hydroxyl groups excluding tert-OH is 1. The number of aromatic nitrogens is 1. The number of likely N-dealkylation sites (tertiary alicyclic amines) is 1. The summed E-state index contributed by atoms with van der Waals surface area (Å²) in [5.74, 6) is 0.0847. The molecule has 2 aliphatic rings. The molecule has 6 heteroatoms. The van der Waals surface area contributed by atoms with Crippen molar-refractivity contribution in [3.8, 4) is 0 Å². The molecule has 1 aromatic rings. The Labute approximate surface area is 141 Å². The van der Waals surface area contributed by atoms with Crippen LogP contribution in [0.1, 0.15) is 54.2 Å². The first-order valence-electron chi connectivity index (χ1n) is 8.64. The van der Waals surface area contributed by atoms with Crippen LogP contribution >= 0.6 is 11.3 Å². The van der Waals surface area contributed by atoms with E-state index in [1.54, 1.807) is 6.20 Å². The van der Waals surface area contributed by atoms with Gasteiger partial charge in [-0.2, -0.15) is 0 Å². The topological polar surface area (TPSA) is 62.7 Å². The average molecular weight is 338 g/mol. The highest BCUT2D eigenvalue weighted by atomic mass is 32.1. The van der Waals surface area contributed by atoms with Gasteiger partial charge in [-0.1, -0.05) is 6.92 Å². The van der Waals surface area contributed by atoms with Crippen LogP contribution in [-0.4, -0.2) is 52.8 Å². The normalized spacial score (nSPS) is 26.3. The molecule has 1 saturated heterocycles. The Kier molecular flexibility index (Phi) is 5.04. The molecular weight excluding hydrogens is 312 g/mol. The minimum atomic E-state index is -0.282. The zero-order valence-corrected chi connectivity index (χ0v) is 14.8. The van der Waals surface area contributed by atoms with Crippen molar-refractivity contribution in [3.05, 3.63) is 16.1 Å². The third kappa shape index (κ3) is 3.04. The van der Waals surface area contributed by atoms with Crippen molar-refractivity contribution in [1.82, 2.24) is 9.88 Å². The number of carbonyl (C=O) groups excluding carboxylic acids is 1. The number of thiazole rings is 1. The van der Waals surface area contributed by atoms with Gasteiger partial charge in [0.1, 0.15) is 4.88 Å². The minimum Gasteiger partial charge on any atom is -0.392 e. The molecule has 0 unspecified atom stereocenters. The van der Waals surface area contributed by atoms with E-state index in [-0.39, 0.29) is 23.5 Å². The quantitative estimate of drug-likeness (QED) is 0.896. The number of aryl methyl sites for hydroxylation is 1. The van der Waals surface area contributed by atoms with Crippen molar-refractivity contribution in [2.45, 2.75) is 58.2 Å². The van der Waals surface area contributed by atoms with Gasteiger partial charge in [0, 0.05) is 31.5 Å².